The normalized spacial score (nSPS) is 10.7. The van der Waals surface area contributed by atoms with Crippen LogP contribution in [0, 0.1) is 25.2 Å². The highest BCUT2D eigenvalue weighted by Crippen LogP contribution is 2.22. The second-order valence-electron chi connectivity index (χ2n) is 5.13. The van der Waals surface area contributed by atoms with Gasteiger partial charge in [-0.2, -0.15) is 5.26 Å². The van der Waals surface area contributed by atoms with E-state index in [4.69, 9.17) is 0 Å². The lowest BCUT2D eigenvalue weighted by Gasteiger charge is -2.02. The maximum Gasteiger partial charge on any atom is 0.235 e. The van der Waals surface area contributed by atoms with Crippen molar-refractivity contribution in [2.45, 2.75) is 19.0 Å². The number of aromatic amines is 2. The van der Waals surface area contributed by atoms with Crippen molar-refractivity contribution < 1.29 is 4.79 Å². The molecule has 0 radical (unpaired) electrons. The third-order valence-corrected chi connectivity index (χ3v) is 4.46. The molecule has 0 fully saturated rings. The lowest BCUT2D eigenvalue weighted by Crippen LogP contribution is -2.15. The summed E-state index contributed by atoms with van der Waals surface area (Å²) in [5.74, 6) is 0.479. The maximum absolute atomic E-state index is 12.1. The molecule has 0 aliphatic carbocycles. The van der Waals surface area contributed by atoms with E-state index >= 15 is 0 Å². The predicted molar refractivity (Wildman–Crippen MR) is 90.4 cm³/mol. The van der Waals surface area contributed by atoms with Gasteiger partial charge in [0, 0.05) is 5.69 Å². The maximum atomic E-state index is 12.1. The number of aryl methyl sites for hydroxylation is 1. The summed E-state index contributed by atoms with van der Waals surface area (Å²) >= 11 is 1.32. The van der Waals surface area contributed by atoms with Crippen molar-refractivity contribution >= 4 is 34.5 Å². The smallest absolute Gasteiger partial charge is 0.235 e. The summed E-state index contributed by atoms with van der Waals surface area (Å²) in [5.41, 5.74) is 4.02. The molecule has 0 saturated heterocycles. The molecule has 0 atom stereocenters. The molecule has 2 aromatic heterocycles. The van der Waals surface area contributed by atoms with Gasteiger partial charge in [-0.15, -0.1) is 0 Å². The number of fused-ring (bicyclic) bond motifs is 1. The zero-order valence-electron chi connectivity index (χ0n) is 12.7. The Balaban J connectivity index is 1.66. The summed E-state index contributed by atoms with van der Waals surface area (Å²) in [7, 11) is 0. The second-order valence-corrected chi connectivity index (χ2v) is 6.10. The Morgan fingerprint density at radius 2 is 2.13 bits per heavy atom. The van der Waals surface area contributed by atoms with Gasteiger partial charge in [0.05, 0.1) is 22.3 Å². The van der Waals surface area contributed by atoms with E-state index in [0.29, 0.717) is 16.5 Å². The number of carbonyl (C=O) groups is 1. The number of thioether (sulfide) groups is 1. The van der Waals surface area contributed by atoms with E-state index in [-0.39, 0.29) is 11.7 Å². The Labute approximate surface area is 137 Å². The number of benzene rings is 1. The van der Waals surface area contributed by atoms with Crippen molar-refractivity contribution in [3.63, 3.8) is 0 Å². The molecule has 1 amide bonds. The number of anilines is 1. The minimum atomic E-state index is -0.187. The van der Waals surface area contributed by atoms with Crippen LogP contribution < -0.4 is 5.32 Å². The number of amides is 1. The van der Waals surface area contributed by atoms with Crippen LogP contribution in [-0.2, 0) is 4.79 Å². The molecule has 0 aliphatic rings. The SMILES string of the molecule is Cc1[nH]c(NC(=O)CSc2nc3ccccc3[nH]2)c(C#N)c1C. The Hall–Kier alpha value is -2.72. The van der Waals surface area contributed by atoms with Crippen molar-refractivity contribution in [1.82, 2.24) is 15.0 Å². The summed E-state index contributed by atoms with van der Waals surface area (Å²) in [6.07, 6.45) is 0. The molecule has 0 aliphatic heterocycles. The zero-order chi connectivity index (χ0) is 16.4. The van der Waals surface area contributed by atoms with Gasteiger partial charge >= 0.3 is 0 Å². The fourth-order valence-electron chi connectivity index (χ4n) is 2.26. The average Bonchev–Trinajstić information content (AvgIpc) is 3.06. The molecule has 3 rings (SSSR count). The number of nitriles is 1. The summed E-state index contributed by atoms with van der Waals surface area (Å²) in [5, 5.41) is 12.6. The molecule has 0 bridgehead atoms. The van der Waals surface area contributed by atoms with E-state index in [1.165, 1.54) is 11.8 Å². The highest BCUT2D eigenvalue weighted by Gasteiger charge is 2.14. The minimum absolute atomic E-state index is 0.187. The minimum Gasteiger partial charge on any atom is -0.344 e. The van der Waals surface area contributed by atoms with Crippen LogP contribution >= 0.6 is 11.8 Å². The molecular formula is C16H15N5OS. The molecule has 3 aromatic rings. The number of hydrogen-bond acceptors (Lipinski definition) is 4. The van der Waals surface area contributed by atoms with Gasteiger partial charge in [-0.3, -0.25) is 4.79 Å². The molecule has 3 N–H and O–H groups in total. The molecule has 116 valence electrons. The molecule has 2 heterocycles. The van der Waals surface area contributed by atoms with Crippen LogP contribution in [0.2, 0.25) is 0 Å². The van der Waals surface area contributed by atoms with Crippen LogP contribution in [0.3, 0.4) is 0 Å². The third-order valence-electron chi connectivity index (χ3n) is 3.58. The van der Waals surface area contributed by atoms with Gasteiger partial charge in [0.2, 0.25) is 5.91 Å². The van der Waals surface area contributed by atoms with E-state index in [2.05, 4.69) is 26.3 Å². The van der Waals surface area contributed by atoms with Crippen molar-refractivity contribution in [2.75, 3.05) is 11.1 Å². The number of rotatable bonds is 4. The lowest BCUT2D eigenvalue weighted by atomic mass is 10.2. The number of H-pyrrole nitrogens is 2. The Morgan fingerprint density at radius 3 is 2.87 bits per heavy atom. The Kier molecular flexibility index (Phi) is 4.08. The number of imidazole rings is 1. The molecule has 0 unspecified atom stereocenters. The van der Waals surface area contributed by atoms with E-state index in [9.17, 15) is 10.1 Å². The molecule has 1 aromatic carbocycles. The van der Waals surface area contributed by atoms with Crippen molar-refractivity contribution in [3.05, 3.63) is 41.1 Å². The lowest BCUT2D eigenvalue weighted by molar-refractivity contribution is -0.113. The van der Waals surface area contributed by atoms with Crippen molar-refractivity contribution in [1.29, 1.82) is 5.26 Å². The highest BCUT2D eigenvalue weighted by molar-refractivity contribution is 7.99. The first kappa shape index (κ1) is 15.2. The Bertz CT molecular complexity index is 885. The largest absolute Gasteiger partial charge is 0.344 e. The van der Waals surface area contributed by atoms with E-state index in [1.807, 2.05) is 38.1 Å². The number of para-hydroxylation sites is 2. The number of nitrogens with zero attached hydrogens (tertiary/aromatic N) is 2. The first-order valence-electron chi connectivity index (χ1n) is 7.05. The van der Waals surface area contributed by atoms with Crippen LogP contribution in [-0.4, -0.2) is 26.6 Å². The first-order chi connectivity index (χ1) is 11.1. The summed E-state index contributed by atoms with van der Waals surface area (Å²) in [6, 6.07) is 9.82. The second kappa shape index (κ2) is 6.18. The fourth-order valence-corrected chi connectivity index (χ4v) is 2.94. The average molecular weight is 325 g/mol. The van der Waals surface area contributed by atoms with Crippen LogP contribution in [0.25, 0.3) is 11.0 Å². The number of carbonyl (C=O) groups excluding carboxylic acids is 1. The van der Waals surface area contributed by atoms with E-state index < -0.39 is 0 Å². The molecular weight excluding hydrogens is 310 g/mol. The quantitative estimate of drug-likeness (QED) is 0.642. The van der Waals surface area contributed by atoms with Crippen LogP contribution in [0.15, 0.2) is 29.4 Å². The molecule has 7 heteroatoms. The molecule has 23 heavy (non-hydrogen) atoms. The summed E-state index contributed by atoms with van der Waals surface area (Å²) < 4.78 is 0. The van der Waals surface area contributed by atoms with Gasteiger partial charge < -0.3 is 15.3 Å². The van der Waals surface area contributed by atoms with Gasteiger partial charge in [-0.1, -0.05) is 23.9 Å². The van der Waals surface area contributed by atoms with Crippen molar-refractivity contribution in [3.8, 4) is 6.07 Å². The number of nitrogens with one attached hydrogen (secondary N) is 3. The van der Waals surface area contributed by atoms with E-state index in [0.717, 1.165) is 22.3 Å². The number of hydrogen-bond donors (Lipinski definition) is 3. The summed E-state index contributed by atoms with van der Waals surface area (Å²) in [4.78, 5) is 22.7. The van der Waals surface area contributed by atoms with Crippen LogP contribution in [0.4, 0.5) is 5.82 Å². The first-order valence-corrected chi connectivity index (χ1v) is 8.03. The Morgan fingerprint density at radius 1 is 1.35 bits per heavy atom. The highest BCUT2D eigenvalue weighted by atomic mass is 32.2. The van der Waals surface area contributed by atoms with Gasteiger partial charge in [-0.25, -0.2) is 4.98 Å². The van der Waals surface area contributed by atoms with Crippen molar-refractivity contribution in [2.24, 2.45) is 0 Å². The topological polar surface area (TPSA) is 97.4 Å². The standard InChI is InChI=1S/C16H15N5OS/c1-9-10(2)18-15(11(9)7-17)21-14(22)8-23-16-19-12-5-3-4-6-13(12)20-16/h3-6,18H,8H2,1-2H3,(H,19,20)(H,21,22). The predicted octanol–water partition coefficient (Wildman–Crippen LogP) is 3.11. The molecule has 0 spiro atoms. The van der Waals surface area contributed by atoms with Gasteiger partial charge in [0.1, 0.15) is 11.9 Å². The fraction of sp³-hybridized carbons (Fsp3) is 0.188. The third kappa shape index (κ3) is 3.07. The number of aromatic nitrogens is 3. The van der Waals surface area contributed by atoms with Gasteiger partial charge in [0.25, 0.3) is 0 Å². The van der Waals surface area contributed by atoms with Crippen LogP contribution in [0.1, 0.15) is 16.8 Å². The molecule has 6 nitrogen and oxygen atoms in total. The zero-order valence-corrected chi connectivity index (χ0v) is 13.5. The summed E-state index contributed by atoms with van der Waals surface area (Å²) in [6.45, 7) is 3.72. The van der Waals surface area contributed by atoms with Crippen LogP contribution in [0.5, 0.6) is 0 Å². The van der Waals surface area contributed by atoms with Gasteiger partial charge in [0.15, 0.2) is 5.16 Å². The molecule has 0 saturated carbocycles. The van der Waals surface area contributed by atoms with Gasteiger partial charge in [-0.05, 0) is 31.5 Å². The monoisotopic (exact) mass is 325 g/mol. The van der Waals surface area contributed by atoms with E-state index in [1.54, 1.807) is 0 Å².